The molecule has 1 aliphatic rings. The molecule has 0 aliphatic heterocycles. The first kappa shape index (κ1) is 13.0. The summed E-state index contributed by atoms with van der Waals surface area (Å²) in [5, 5.41) is 3.40. The maximum absolute atomic E-state index is 13.6. The van der Waals surface area contributed by atoms with Gasteiger partial charge in [-0.05, 0) is 36.8 Å². The fraction of sp³-hybridized carbons (Fsp3) is 0.571. The van der Waals surface area contributed by atoms with E-state index in [2.05, 4.69) is 28.2 Å². The second-order valence-electron chi connectivity index (χ2n) is 5.05. The molecule has 1 aromatic carbocycles. The van der Waals surface area contributed by atoms with Crippen LogP contribution in [-0.2, 0) is 6.54 Å². The van der Waals surface area contributed by atoms with Crippen LogP contribution in [0, 0.1) is 11.2 Å². The smallest absolute Gasteiger partial charge is 0.128 e. The molecular formula is C14H19BrFN. The minimum absolute atomic E-state index is 0.133. The van der Waals surface area contributed by atoms with E-state index < -0.39 is 0 Å². The molecule has 0 bridgehead atoms. The second kappa shape index (κ2) is 5.49. The Morgan fingerprint density at radius 3 is 2.71 bits per heavy atom. The lowest BCUT2D eigenvalue weighted by Crippen LogP contribution is -2.39. The van der Waals surface area contributed by atoms with Gasteiger partial charge in [0.15, 0.2) is 0 Å². The minimum atomic E-state index is -0.133. The van der Waals surface area contributed by atoms with Gasteiger partial charge in [0.25, 0.3) is 0 Å². The van der Waals surface area contributed by atoms with Crippen molar-refractivity contribution < 1.29 is 4.39 Å². The third-order valence-electron chi connectivity index (χ3n) is 3.99. The molecule has 0 spiro atoms. The van der Waals surface area contributed by atoms with E-state index in [0.29, 0.717) is 12.0 Å². The Kier molecular flexibility index (Phi) is 4.21. The molecule has 0 aromatic heterocycles. The average Bonchev–Trinajstić information content (AvgIpc) is 2.25. The molecule has 17 heavy (non-hydrogen) atoms. The first-order chi connectivity index (χ1) is 8.15. The van der Waals surface area contributed by atoms with Gasteiger partial charge in [0.1, 0.15) is 5.82 Å². The summed E-state index contributed by atoms with van der Waals surface area (Å²) in [6.07, 6.45) is 5.21. The molecule has 1 fully saturated rings. The Hall–Kier alpha value is -0.410. The van der Waals surface area contributed by atoms with E-state index in [1.807, 2.05) is 12.1 Å². The summed E-state index contributed by atoms with van der Waals surface area (Å²) < 4.78 is 14.4. The second-order valence-corrected chi connectivity index (χ2v) is 5.96. The van der Waals surface area contributed by atoms with Gasteiger partial charge in [-0.2, -0.15) is 0 Å². The standard InChI is InChI=1S/C14H19BrFN/c1-2-14(6-3-7-14)10-17-9-11-4-5-12(15)8-13(11)16/h4-5,8,17H,2-3,6-7,9-10H2,1H3. The molecular weight excluding hydrogens is 281 g/mol. The third kappa shape index (κ3) is 3.08. The molecule has 0 amide bonds. The van der Waals surface area contributed by atoms with Crippen LogP contribution < -0.4 is 5.32 Å². The summed E-state index contributed by atoms with van der Waals surface area (Å²) in [6.45, 7) is 3.89. The first-order valence-corrected chi connectivity index (χ1v) is 7.09. The van der Waals surface area contributed by atoms with Crippen molar-refractivity contribution in [2.24, 2.45) is 5.41 Å². The predicted octanol–water partition coefficient (Wildman–Crippen LogP) is 4.26. The summed E-state index contributed by atoms with van der Waals surface area (Å²) in [5.41, 5.74) is 1.24. The predicted molar refractivity (Wildman–Crippen MR) is 72.4 cm³/mol. The van der Waals surface area contributed by atoms with Gasteiger partial charge in [0, 0.05) is 23.1 Å². The van der Waals surface area contributed by atoms with Gasteiger partial charge < -0.3 is 5.32 Å². The Morgan fingerprint density at radius 2 is 2.18 bits per heavy atom. The maximum Gasteiger partial charge on any atom is 0.128 e. The number of hydrogen-bond donors (Lipinski definition) is 1. The highest BCUT2D eigenvalue weighted by Crippen LogP contribution is 2.43. The van der Waals surface area contributed by atoms with E-state index in [-0.39, 0.29) is 5.82 Å². The Morgan fingerprint density at radius 1 is 1.41 bits per heavy atom. The van der Waals surface area contributed by atoms with E-state index in [0.717, 1.165) is 16.6 Å². The molecule has 0 radical (unpaired) electrons. The monoisotopic (exact) mass is 299 g/mol. The Balaban J connectivity index is 1.85. The maximum atomic E-state index is 13.6. The van der Waals surface area contributed by atoms with Gasteiger partial charge in [0.05, 0.1) is 0 Å². The molecule has 2 rings (SSSR count). The summed E-state index contributed by atoms with van der Waals surface area (Å²) in [5.74, 6) is -0.133. The van der Waals surface area contributed by atoms with Crippen molar-refractivity contribution in [2.45, 2.75) is 39.2 Å². The van der Waals surface area contributed by atoms with E-state index in [1.165, 1.54) is 31.7 Å². The van der Waals surface area contributed by atoms with Crippen molar-refractivity contribution in [1.82, 2.24) is 5.32 Å². The van der Waals surface area contributed by atoms with E-state index in [1.54, 1.807) is 0 Å². The number of nitrogens with one attached hydrogen (secondary N) is 1. The van der Waals surface area contributed by atoms with Crippen LogP contribution in [0.25, 0.3) is 0 Å². The zero-order valence-corrected chi connectivity index (χ0v) is 11.8. The van der Waals surface area contributed by atoms with Crippen LogP contribution in [0.15, 0.2) is 22.7 Å². The molecule has 1 N–H and O–H groups in total. The molecule has 0 saturated heterocycles. The average molecular weight is 300 g/mol. The third-order valence-corrected chi connectivity index (χ3v) is 4.49. The fourth-order valence-electron chi connectivity index (χ4n) is 2.46. The van der Waals surface area contributed by atoms with Crippen molar-refractivity contribution in [3.63, 3.8) is 0 Å². The Labute approximate surface area is 111 Å². The molecule has 0 atom stereocenters. The van der Waals surface area contributed by atoms with Crippen molar-refractivity contribution in [3.05, 3.63) is 34.1 Å². The first-order valence-electron chi connectivity index (χ1n) is 6.30. The van der Waals surface area contributed by atoms with Gasteiger partial charge in [-0.1, -0.05) is 35.3 Å². The summed E-state index contributed by atoms with van der Waals surface area (Å²) in [4.78, 5) is 0. The molecule has 1 nitrogen and oxygen atoms in total. The highest BCUT2D eigenvalue weighted by molar-refractivity contribution is 9.10. The van der Waals surface area contributed by atoms with Crippen LogP contribution >= 0.6 is 15.9 Å². The zero-order chi connectivity index (χ0) is 12.3. The number of benzene rings is 1. The van der Waals surface area contributed by atoms with Crippen LogP contribution in [0.5, 0.6) is 0 Å². The Bertz CT molecular complexity index is 382. The normalized spacial score (nSPS) is 17.8. The minimum Gasteiger partial charge on any atom is -0.312 e. The number of rotatable bonds is 5. The van der Waals surface area contributed by atoms with Gasteiger partial charge in [0.2, 0.25) is 0 Å². The van der Waals surface area contributed by atoms with Crippen molar-refractivity contribution in [3.8, 4) is 0 Å². The lowest BCUT2D eigenvalue weighted by atomic mass is 9.67. The van der Waals surface area contributed by atoms with Crippen LogP contribution in [0.2, 0.25) is 0 Å². The van der Waals surface area contributed by atoms with Crippen molar-refractivity contribution in [1.29, 1.82) is 0 Å². The SMILES string of the molecule is CCC1(CNCc2ccc(Br)cc2F)CCC1. The van der Waals surface area contributed by atoms with E-state index in [9.17, 15) is 4.39 Å². The molecule has 1 aromatic rings. The van der Waals surface area contributed by atoms with Gasteiger partial charge in [-0.25, -0.2) is 4.39 Å². The van der Waals surface area contributed by atoms with Crippen LogP contribution in [0.1, 0.15) is 38.2 Å². The lowest BCUT2D eigenvalue weighted by molar-refractivity contribution is 0.123. The largest absolute Gasteiger partial charge is 0.312 e. The molecule has 1 aliphatic carbocycles. The van der Waals surface area contributed by atoms with Crippen LogP contribution in [0.4, 0.5) is 4.39 Å². The lowest BCUT2D eigenvalue weighted by Gasteiger charge is -2.41. The van der Waals surface area contributed by atoms with Gasteiger partial charge in [-0.15, -0.1) is 0 Å². The van der Waals surface area contributed by atoms with Gasteiger partial charge in [-0.3, -0.25) is 0 Å². The summed E-state index contributed by atoms with van der Waals surface area (Å²) in [6, 6.07) is 5.25. The summed E-state index contributed by atoms with van der Waals surface area (Å²) >= 11 is 3.27. The number of halogens is 2. The quantitative estimate of drug-likeness (QED) is 0.857. The molecule has 3 heteroatoms. The van der Waals surface area contributed by atoms with Crippen LogP contribution in [0.3, 0.4) is 0 Å². The van der Waals surface area contributed by atoms with Gasteiger partial charge >= 0.3 is 0 Å². The zero-order valence-electron chi connectivity index (χ0n) is 10.2. The fourth-order valence-corrected chi connectivity index (χ4v) is 2.79. The molecule has 94 valence electrons. The summed E-state index contributed by atoms with van der Waals surface area (Å²) in [7, 11) is 0. The van der Waals surface area contributed by atoms with Crippen molar-refractivity contribution >= 4 is 15.9 Å². The topological polar surface area (TPSA) is 12.0 Å². The highest BCUT2D eigenvalue weighted by atomic mass is 79.9. The molecule has 1 saturated carbocycles. The highest BCUT2D eigenvalue weighted by Gasteiger charge is 2.34. The molecule has 0 unspecified atom stereocenters. The van der Waals surface area contributed by atoms with E-state index >= 15 is 0 Å². The van der Waals surface area contributed by atoms with Crippen molar-refractivity contribution in [2.75, 3.05) is 6.54 Å². The molecule has 0 heterocycles. The number of hydrogen-bond acceptors (Lipinski definition) is 1. The van der Waals surface area contributed by atoms with E-state index in [4.69, 9.17) is 0 Å². The van der Waals surface area contributed by atoms with Crippen LogP contribution in [-0.4, -0.2) is 6.54 Å².